The zero-order chi connectivity index (χ0) is 22.6. The number of hydrogen-bond acceptors (Lipinski definition) is 5. The molecule has 0 aliphatic carbocycles. The molecule has 3 aromatic rings. The van der Waals surface area contributed by atoms with Gasteiger partial charge in [-0.3, -0.25) is 4.79 Å². The molecule has 0 atom stereocenters. The lowest BCUT2D eigenvalue weighted by atomic mass is 9.99. The summed E-state index contributed by atoms with van der Waals surface area (Å²) in [7, 11) is -2.28. The molecule has 7 nitrogen and oxygen atoms in total. The van der Waals surface area contributed by atoms with Crippen LogP contribution < -0.4 is 13.8 Å². The Kier molecular flexibility index (Phi) is 6.43. The Labute approximate surface area is 187 Å². The number of carbonyl (C=O) groups excluding carboxylic acids is 1. The van der Waals surface area contributed by atoms with E-state index in [1.807, 2.05) is 71.5 Å². The Morgan fingerprint density at radius 1 is 0.906 bits per heavy atom. The number of anilines is 1. The van der Waals surface area contributed by atoms with Gasteiger partial charge in [0, 0.05) is 7.11 Å². The molecule has 4 rings (SSSR count). The molecule has 32 heavy (non-hydrogen) atoms. The first-order valence-electron chi connectivity index (χ1n) is 10.1. The summed E-state index contributed by atoms with van der Waals surface area (Å²) in [6.07, 6.45) is 0.630. The second-order valence-corrected chi connectivity index (χ2v) is 9.09. The number of benzene rings is 3. The predicted octanol–water partition coefficient (Wildman–Crippen LogP) is 3.18. The number of nitrogens with one attached hydrogen (secondary N) is 1. The summed E-state index contributed by atoms with van der Waals surface area (Å²) < 4.78 is 39.2. The SMILES string of the molecule is COCc1ccccc1Cc1ccc(N2CC(=O)NS2(=O)=O)c(OCc2ccccc2)c1. The van der Waals surface area contributed by atoms with Gasteiger partial charge in [-0.2, -0.15) is 8.42 Å². The summed E-state index contributed by atoms with van der Waals surface area (Å²) in [5.41, 5.74) is 4.43. The zero-order valence-electron chi connectivity index (χ0n) is 17.7. The molecule has 0 aromatic heterocycles. The fourth-order valence-electron chi connectivity index (χ4n) is 3.63. The van der Waals surface area contributed by atoms with Crippen molar-refractivity contribution < 1.29 is 22.7 Å². The molecular weight excluding hydrogens is 428 g/mol. The maximum Gasteiger partial charge on any atom is 0.326 e. The van der Waals surface area contributed by atoms with Crippen LogP contribution in [0.25, 0.3) is 0 Å². The third kappa shape index (κ3) is 4.92. The maximum absolute atomic E-state index is 12.4. The van der Waals surface area contributed by atoms with Gasteiger partial charge in [0.05, 0.1) is 12.3 Å². The molecule has 1 saturated heterocycles. The topological polar surface area (TPSA) is 84.9 Å². The quantitative estimate of drug-likeness (QED) is 0.568. The van der Waals surface area contributed by atoms with Crippen LogP contribution in [0.1, 0.15) is 22.3 Å². The highest BCUT2D eigenvalue weighted by Gasteiger charge is 2.35. The summed E-state index contributed by atoms with van der Waals surface area (Å²) in [5.74, 6) is -0.174. The van der Waals surface area contributed by atoms with Crippen LogP contribution in [-0.2, 0) is 39.4 Å². The summed E-state index contributed by atoms with van der Waals surface area (Å²) in [4.78, 5) is 11.8. The van der Waals surface area contributed by atoms with E-state index in [-0.39, 0.29) is 13.2 Å². The van der Waals surface area contributed by atoms with E-state index in [4.69, 9.17) is 9.47 Å². The zero-order valence-corrected chi connectivity index (χ0v) is 18.5. The summed E-state index contributed by atoms with van der Waals surface area (Å²) >= 11 is 0. The van der Waals surface area contributed by atoms with Crippen LogP contribution >= 0.6 is 0 Å². The standard InChI is InChI=1S/C24H24N2O5S/c1-30-17-21-10-6-5-9-20(21)13-19-11-12-22(26-15-24(27)25-32(26,28)29)23(14-19)31-16-18-7-3-2-4-8-18/h2-12,14H,13,15-17H2,1H3,(H,25,27). The Bertz CT molecular complexity index is 1210. The average Bonchev–Trinajstić information content (AvgIpc) is 3.06. The second-order valence-electron chi connectivity index (χ2n) is 7.49. The van der Waals surface area contributed by atoms with Gasteiger partial charge in [-0.05, 0) is 40.8 Å². The lowest BCUT2D eigenvalue weighted by molar-refractivity contribution is -0.117. The lowest BCUT2D eigenvalue weighted by Gasteiger charge is -2.20. The Morgan fingerprint density at radius 2 is 1.62 bits per heavy atom. The van der Waals surface area contributed by atoms with Crippen molar-refractivity contribution in [3.8, 4) is 5.75 Å². The number of methoxy groups -OCH3 is 1. The highest BCUT2D eigenvalue weighted by Crippen LogP contribution is 2.34. The second kappa shape index (κ2) is 9.42. The minimum absolute atomic E-state index is 0.271. The van der Waals surface area contributed by atoms with Gasteiger partial charge in [0.2, 0.25) is 0 Å². The van der Waals surface area contributed by atoms with Crippen LogP contribution in [0.5, 0.6) is 5.75 Å². The summed E-state index contributed by atoms with van der Waals surface area (Å²) in [6.45, 7) is 0.498. The van der Waals surface area contributed by atoms with Crippen LogP contribution in [-0.4, -0.2) is 28.0 Å². The fourth-order valence-corrected chi connectivity index (χ4v) is 4.79. The van der Waals surface area contributed by atoms with Crippen molar-refractivity contribution in [3.63, 3.8) is 0 Å². The largest absolute Gasteiger partial charge is 0.487 e. The smallest absolute Gasteiger partial charge is 0.326 e. The van der Waals surface area contributed by atoms with Gasteiger partial charge < -0.3 is 9.47 Å². The Morgan fingerprint density at radius 3 is 2.31 bits per heavy atom. The average molecular weight is 453 g/mol. The monoisotopic (exact) mass is 452 g/mol. The van der Waals surface area contributed by atoms with E-state index in [1.54, 1.807) is 13.2 Å². The molecule has 0 bridgehead atoms. The molecular formula is C24H24N2O5S. The van der Waals surface area contributed by atoms with Gasteiger partial charge in [-0.1, -0.05) is 60.7 Å². The first kappa shape index (κ1) is 21.9. The third-order valence-corrected chi connectivity index (χ3v) is 6.55. The van der Waals surface area contributed by atoms with Crippen molar-refractivity contribution in [2.75, 3.05) is 18.0 Å². The number of nitrogens with zero attached hydrogens (tertiary/aromatic N) is 1. The first-order valence-corrected chi connectivity index (χ1v) is 11.6. The molecule has 1 fully saturated rings. The van der Waals surface area contributed by atoms with Crippen LogP contribution in [0.15, 0.2) is 72.8 Å². The van der Waals surface area contributed by atoms with E-state index in [9.17, 15) is 13.2 Å². The van der Waals surface area contributed by atoms with Gasteiger partial charge in [0.25, 0.3) is 5.91 Å². The van der Waals surface area contributed by atoms with Crippen molar-refractivity contribution in [2.45, 2.75) is 19.6 Å². The van der Waals surface area contributed by atoms with E-state index in [2.05, 4.69) is 0 Å². The van der Waals surface area contributed by atoms with Crippen molar-refractivity contribution in [2.24, 2.45) is 0 Å². The van der Waals surface area contributed by atoms with E-state index in [1.165, 1.54) is 0 Å². The molecule has 166 valence electrons. The molecule has 0 radical (unpaired) electrons. The molecule has 1 amide bonds. The van der Waals surface area contributed by atoms with Gasteiger partial charge in [-0.25, -0.2) is 9.03 Å². The van der Waals surface area contributed by atoms with Crippen molar-refractivity contribution in [1.29, 1.82) is 0 Å². The molecule has 0 unspecified atom stereocenters. The Hall–Kier alpha value is -3.36. The minimum atomic E-state index is -3.94. The number of carbonyl (C=O) groups is 1. The van der Waals surface area contributed by atoms with Crippen molar-refractivity contribution in [3.05, 3.63) is 95.1 Å². The van der Waals surface area contributed by atoms with E-state index in [0.717, 1.165) is 26.6 Å². The van der Waals surface area contributed by atoms with Gasteiger partial charge in [0.1, 0.15) is 18.9 Å². The van der Waals surface area contributed by atoms with Gasteiger partial charge in [-0.15, -0.1) is 0 Å². The Balaban J connectivity index is 1.67. The van der Waals surface area contributed by atoms with Gasteiger partial charge in [0.15, 0.2) is 0 Å². The number of amides is 1. The number of hydrogen-bond donors (Lipinski definition) is 1. The molecule has 1 N–H and O–H groups in total. The summed E-state index contributed by atoms with van der Waals surface area (Å²) in [6, 6.07) is 23.0. The van der Waals surface area contributed by atoms with Crippen LogP contribution in [0.4, 0.5) is 5.69 Å². The number of rotatable bonds is 8. The van der Waals surface area contributed by atoms with Crippen molar-refractivity contribution >= 4 is 21.8 Å². The van der Waals surface area contributed by atoms with E-state index in [0.29, 0.717) is 24.5 Å². The van der Waals surface area contributed by atoms with Crippen LogP contribution in [0, 0.1) is 0 Å². The molecule has 8 heteroatoms. The fraction of sp³-hybridized carbons (Fsp3) is 0.208. The lowest BCUT2D eigenvalue weighted by Crippen LogP contribution is -2.29. The highest BCUT2D eigenvalue weighted by molar-refractivity contribution is 7.92. The normalized spacial score (nSPS) is 14.9. The molecule has 1 aliphatic rings. The highest BCUT2D eigenvalue weighted by atomic mass is 32.2. The van der Waals surface area contributed by atoms with Crippen LogP contribution in [0.3, 0.4) is 0 Å². The number of ether oxygens (including phenoxy) is 2. The van der Waals surface area contributed by atoms with Crippen molar-refractivity contribution in [1.82, 2.24) is 4.72 Å². The molecule has 3 aromatic carbocycles. The van der Waals surface area contributed by atoms with Crippen LogP contribution in [0.2, 0.25) is 0 Å². The minimum Gasteiger partial charge on any atom is -0.487 e. The summed E-state index contributed by atoms with van der Waals surface area (Å²) in [5, 5.41) is 0. The molecule has 1 aliphatic heterocycles. The maximum atomic E-state index is 12.4. The first-order chi connectivity index (χ1) is 15.5. The predicted molar refractivity (Wildman–Crippen MR) is 122 cm³/mol. The molecule has 0 spiro atoms. The van der Waals surface area contributed by atoms with E-state index < -0.39 is 16.1 Å². The molecule has 1 heterocycles. The third-order valence-electron chi connectivity index (χ3n) is 5.16. The molecule has 0 saturated carbocycles. The van der Waals surface area contributed by atoms with E-state index >= 15 is 0 Å². The van der Waals surface area contributed by atoms with Gasteiger partial charge >= 0.3 is 10.2 Å².